The Morgan fingerprint density at radius 1 is 1.03 bits per heavy atom. The molecule has 2 aliphatic heterocycles. The van der Waals surface area contributed by atoms with E-state index >= 15 is 0 Å². The van der Waals surface area contributed by atoms with Gasteiger partial charge >= 0.3 is 6.09 Å². The van der Waals surface area contributed by atoms with Crippen LogP contribution in [0.5, 0.6) is 0 Å². The molecule has 0 bridgehead atoms. The lowest BCUT2D eigenvalue weighted by atomic mass is 9.95. The van der Waals surface area contributed by atoms with Gasteiger partial charge in [-0.25, -0.2) is 9.48 Å². The van der Waals surface area contributed by atoms with Crippen LogP contribution in [-0.4, -0.2) is 63.4 Å². The molecule has 0 N–H and O–H groups in total. The Hall–Kier alpha value is -3.61. The maximum Gasteiger partial charge on any atom is 0.410 e. The second-order valence-corrected chi connectivity index (χ2v) is 9.74. The van der Waals surface area contributed by atoms with Crippen LogP contribution in [-0.2, 0) is 11.2 Å². The number of carbonyl (C=O) groups excluding carboxylic acids is 2. The minimum absolute atomic E-state index is 0.00990. The SMILES string of the molecule is Cc1cc(C)n(-c2cccc(C(=O)N3CCC[C@@]4(CC3)CN(CCc3ccccc3)C(=O)O4)c2)n1. The summed E-state index contributed by atoms with van der Waals surface area (Å²) in [5.41, 5.74) is 4.21. The largest absolute Gasteiger partial charge is 0.441 e. The fourth-order valence-corrected chi connectivity index (χ4v) is 5.25. The van der Waals surface area contributed by atoms with E-state index in [0.29, 0.717) is 38.2 Å². The van der Waals surface area contributed by atoms with Gasteiger partial charge < -0.3 is 14.5 Å². The summed E-state index contributed by atoms with van der Waals surface area (Å²) in [5, 5.41) is 4.54. The van der Waals surface area contributed by atoms with E-state index in [1.54, 1.807) is 0 Å². The number of carbonyl (C=O) groups is 2. The molecule has 2 amide bonds. The third-order valence-electron chi connectivity index (χ3n) is 7.09. The summed E-state index contributed by atoms with van der Waals surface area (Å²) in [4.78, 5) is 29.8. The third-order valence-corrected chi connectivity index (χ3v) is 7.09. The van der Waals surface area contributed by atoms with Gasteiger partial charge in [-0.3, -0.25) is 4.79 Å². The number of nitrogens with zero attached hydrogens (tertiary/aromatic N) is 4. The minimum Gasteiger partial charge on any atom is -0.441 e. The highest BCUT2D eigenvalue weighted by Gasteiger charge is 2.45. The van der Waals surface area contributed by atoms with Crippen LogP contribution >= 0.6 is 0 Å². The first kappa shape index (κ1) is 23.1. The maximum atomic E-state index is 13.4. The molecule has 2 fully saturated rings. The molecule has 0 saturated carbocycles. The molecule has 7 nitrogen and oxygen atoms in total. The molecule has 2 aliphatic rings. The second kappa shape index (κ2) is 9.56. The van der Waals surface area contributed by atoms with Gasteiger partial charge in [-0.1, -0.05) is 36.4 Å². The molecule has 0 radical (unpaired) electrons. The van der Waals surface area contributed by atoms with Gasteiger partial charge in [0, 0.05) is 37.3 Å². The average Bonchev–Trinajstić information content (AvgIpc) is 3.28. The molecule has 1 spiro atoms. The van der Waals surface area contributed by atoms with Crippen molar-refractivity contribution in [2.45, 2.75) is 45.1 Å². The molecular formula is C28H32N4O3. The predicted octanol–water partition coefficient (Wildman–Crippen LogP) is 4.55. The Bertz CT molecular complexity index is 1220. The summed E-state index contributed by atoms with van der Waals surface area (Å²) < 4.78 is 7.80. The summed E-state index contributed by atoms with van der Waals surface area (Å²) in [5.74, 6) is 0.00990. The molecule has 2 saturated heterocycles. The molecule has 2 aromatic carbocycles. The number of hydrogen-bond acceptors (Lipinski definition) is 4. The van der Waals surface area contributed by atoms with Gasteiger partial charge in [0.25, 0.3) is 5.91 Å². The number of rotatable bonds is 5. The Balaban J connectivity index is 1.23. The van der Waals surface area contributed by atoms with Crippen molar-refractivity contribution in [3.8, 4) is 5.69 Å². The minimum atomic E-state index is -0.506. The number of aromatic nitrogens is 2. The lowest BCUT2D eigenvalue weighted by Gasteiger charge is -2.25. The van der Waals surface area contributed by atoms with E-state index < -0.39 is 5.60 Å². The number of hydrogen-bond donors (Lipinski definition) is 0. The summed E-state index contributed by atoms with van der Waals surface area (Å²) in [6.07, 6.45) is 2.81. The van der Waals surface area contributed by atoms with Gasteiger partial charge in [0.05, 0.1) is 17.9 Å². The molecule has 1 atom stereocenters. The number of aryl methyl sites for hydroxylation is 2. The van der Waals surface area contributed by atoms with Crippen LogP contribution in [0.15, 0.2) is 60.7 Å². The van der Waals surface area contributed by atoms with Crippen LogP contribution in [0, 0.1) is 13.8 Å². The molecule has 0 aliphatic carbocycles. The Morgan fingerprint density at radius 3 is 2.63 bits per heavy atom. The van der Waals surface area contributed by atoms with Crippen LogP contribution in [0.4, 0.5) is 4.79 Å². The number of amides is 2. The first-order valence-corrected chi connectivity index (χ1v) is 12.4. The van der Waals surface area contributed by atoms with Crippen molar-refractivity contribution in [2.75, 3.05) is 26.2 Å². The first-order chi connectivity index (χ1) is 16.9. The maximum absolute atomic E-state index is 13.4. The number of ether oxygens (including phenoxy) is 1. The highest BCUT2D eigenvalue weighted by atomic mass is 16.6. The molecule has 3 heterocycles. The molecule has 3 aromatic rings. The van der Waals surface area contributed by atoms with E-state index in [4.69, 9.17) is 4.74 Å². The van der Waals surface area contributed by atoms with Crippen LogP contribution in [0.3, 0.4) is 0 Å². The zero-order valence-electron chi connectivity index (χ0n) is 20.4. The summed E-state index contributed by atoms with van der Waals surface area (Å²) in [7, 11) is 0. The van der Waals surface area contributed by atoms with E-state index in [2.05, 4.69) is 17.2 Å². The number of likely N-dealkylation sites (tertiary alicyclic amines) is 1. The summed E-state index contributed by atoms with van der Waals surface area (Å²) in [6, 6.07) is 19.9. The number of benzene rings is 2. The summed E-state index contributed by atoms with van der Waals surface area (Å²) in [6.45, 7) is 6.44. The smallest absolute Gasteiger partial charge is 0.410 e. The van der Waals surface area contributed by atoms with E-state index in [0.717, 1.165) is 36.3 Å². The molecule has 1 aromatic heterocycles. The Kier molecular flexibility index (Phi) is 6.32. The van der Waals surface area contributed by atoms with Gasteiger partial charge in [0.15, 0.2) is 0 Å². The standard InChI is InChI=1S/C28H32N4O3/c1-21-18-22(2)32(29-21)25-11-6-10-24(19-25)26(33)30-15-7-13-28(14-17-30)20-31(27(34)35-28)16-12-23-8-4-3-5-9-23/h3-6,8-11,18-19H,7,12-17,20H2,1-2H3/t28-/m1/s1. The summed E-state index contributed by atoms with van der Waals surface area (Å²) >= 11 is 0. The van der Waals surface area contributed by atoms with E-state index in [-0.39, 0.29) is 12.0 Å². The van der Waals surface area contributed by atoms with Gasteiger partial charge in [-0.05, 0) is 62.9 Å². The fourth-order valence-electron chi connectivity index (χ4n) is 5.25. The van der Waals surface area contributed by atoms with Gasteiger partial charge in [-0.2, -0.15) is 5.10 Å². The lowest BCUT2D eigenvalue weighted by molar-refractivity contribution is 0.0438. The van der Waals surface area contributed by atoms with Crippen molar-refractivity contribution < 1.29 is 14.3 Å². The van der Waals surface area contributed by atoms with Crippen molar-refractivity contribution in [3.63, 3.8) is 0 Å². The third kappa shape index (κ3) is 4.94. The van der Waals surface area contributed by atoms with Crippen LogP contribution in [0.25, 0.3) is 5.69 Å². The molecule has 7 heteroatoms. The monoisotopic (exact) mass is 472 g/mol. The van der Waals surface area contributed by atoms with E-state index in [9.17, 15) is 9.59 Å². The second-order valence-electron chi connectivity index (χ2n) is 9.74. The van der Waals surface area contributed by atoms with Crippen molar-refractivity contribution in [3.05, 3.63) is 83.2 Å². The van der Waals surface area contributed by atoms with E-state index in [1.165, 1.54) is 5.56 Å². The molecule has 182 valence electrons. The van der Waals surface area contributed by atoms with Crippen molar-refractivity contribution in [1.82, 2.24) is 19.6 Å². The predicted molar refractivity (Wildman–Crippen MR) is 134 cm³/mol. The van der Waals surface area contributed by atoms with Crippen molar-refractivity contribution in [1.29, 1.82) is 0 Å². The highest BCUT2D eigenvalue weighted by molar-refractivity contribution is 5.94. The molecule has 35 heavy (non-hydrogen) atoms. The normalized spacial score (nSPS) is 20.2. The lowest BCUT2D eigenvalue weighted by Crippen LogP contribution is -2.37. The van der Waals surface area contributed by atoms with Crippen LogP contribution in [0.1, 0.15) is 46.6 Å². The van der Waals surface area contributed by atoms with Gasteiger partial charge in [0.1, 0.15) is 5.60 Å². The molecule has 5 rings (SSSR count). The fraction of sp³-hybridized carbons (Fsp3) is 0.393. The quantitative estimate of drug-likeness (QED) is 0.546. The van der Waals surface area contributed by atoms with E-state index in [1.807, 2.05) is 76.9 Å². The van der Waals surface area contributed by atoms with Crippen LogP contribution in [0.2, 0.25) is 0 Å². The first-order valence-electron chi connectivity index (χ1n) is 12.4. The van der Waals surface area contributed by atoms with Gasteiger partial charge in [0.2, 0.25) is 0 Å². The Labute approximate surface area is 206 Å². The zero-order valence-corrected chi connectivity index (χ0v) is 20.4. The topological polar surface area (TPSA) is 67.7 Å². The molecule has 0 unspecified atom stereocenters. The van der Waals surface area contributed by atoms with Gasteiger partial charge in [-0.15, -0.1) is 0 Å². The van der Waals surface area contributed by atoms with Crippen molar-refractivity contribution >= 4 is 12.0 Å². The van der Waals surface area contributed by atoms with Crippen molar-refractivity contribution in [2.24, 2.45) is 0 Å². The zero-order chi connectivity index (χ0) is 24.4. The van der Waals surface area contributed by atoms with Crippen LogP contribution < -0.4 is 0 Å². The average molecular weight is 473 g/mol. The molecular weight excluding hydrogens is 440 g/mol. The Morgan fingerprint density at radius 2 is 1.86 bits per heavy atom. The highest BCUT2D eigenvalue weighted by Crippen LogP contribution is 2.34.